The van der Waals surface area contributed by atoms with Crippen molar-refractivity contribution in [1.29, 1.82) is 0 Å². The van der Waals surface area contributed by atoms with Gasteiger partial charge in [0.05, 0.1) is 18.7 Å². The Hall–Kier alpha value is -1.83. The highest BCUT2D eigenvalue weighted by atomic mass is 32.2. The molecule has 0 amide bonds. The highest BCUT2D eigenvalue weighted by molar-refractivity contribution is 7.99. The van der Waals surface area contributed by atoms with E-state index in [9.17, 15) is 15.0 Å². The van der Waals surface area contributed by atoms with Gasteiger partial charge < -0.3 is 19.8 Å². The average molecular weight is 501 g/mol. The summed E-state index contributed by atoms with van der Waals surface area (Å²) >= 11 is 2.14. The van der Waals surface area contributed by atoms with Crippen LogP contribution in [0.15, 0.2) is 30.5 Å². The third-order valence-electron chi connectivity index (χ3n) is 7.88. The summed E-state index contributed by atoms with van der Waals surface area (Å²) in [5, 5.41) is 22.2. The van der Waals surface area contributed by atoms with Gasteiger partial charge in [0, 0.05) is 29.8 Å². The van der Waals surface area contributed by atoms with Crippen LogP contribution in [0.25, 0.3) is 10.9 Å². The van der Waals surface area contributed by atoms with E-state index in [1.165, 1.54) is 31.4 Å². The molecule has 0 radical (unpaired) electrons. The fourth-order valence-electron chi connectivity index (χ4n) is 5.54. The molecule has 1 aromatic heterocycles. The number of rotatable bonds is 13. The van der Waals surface area contributed by atoms with E-state index in [-0.39, 0.29) is 6.42 Å². The molecule has 1 saturated carbocycles. The Bertz CT molecular complexity index is 967. The number of benzene rings is 1. The number of aromatic nitrogens is 1. The molecule has 2 aliphatic rings. The minimum Gasteiger partial charge on any atom is -0.497 e. The summed E-state index contributed by atoms with van der Waals surface area (Å²) in [4.78, 5) is 18.3. The minimum absolute atomic E-state index is 0.226. The maximum atomic E-state index is 11.3. The number of carbonyl (C=O) groups is 1. The number of carboxylic acids is 1. The molecule has 0 unspecified atom stereocenters. The van der Waals surface area contributed by atoms with Gasteiger partial charge in [0.1, 0.15) is 5.75 Å². The summed E-state index contributed by atoms with van der Waals surface area (Å²) in [6.07, 6.45) is 10.2. The number of aliphatic hydroxyl groups excluding tert-OH is 1. The van der Waals surface area contributed by atoms with E-state index in [4.69, 9.17) is 4.74 Å². The first-order chi connectivity index (χ1) is 17.0. The Kier molecular flexibility index (Phi) is 9.69. The number of aliphatic carboxylic acids is 1. The number of hydrogen-bond acceptors (Lipinski definition) is 6. The molecule has 2 aromatic rings. The van der Waals surface area contributed by atoms with E-state index in [1.54, 1.807) is 13.3 Å². The maximum Gasteiger partial charge on any atom is 0.303 e. The van der Waals surface area contributed by atoms with Crippen molar-refractivity contribution in [1.82, 2.24) is 9.88 Å². The van der Waals surface area contributed by atoms with E-state index >= 15 is 0 Å². The summed E-state index contributed by atoms with van der Waals surface area (Å²) in [6, 6.07) is 7.65. The van der Waals surface area contributed by atoms with Crippen LogP contribution in [0.2, 0.25) is 0 Å². The third-order valence-corrected chi connectivity index (χ3v) is 9.35. The Labute approximate surface area is 213 Å². The molecule has 1 saturated heterocycles. The highest BCUT2D eigenvalue weighted by Gasteiger charge is 2.30. The van der Waals surface area contributed by atoms with Crippen molar-refractivity contribution in [3.63, 3.8) is 0 Å². The van der Waals surface area contributed by atoms with E-state index in [2.05, 4.69) is 21.6 Å². The lowest BCUT2D eigenvalue weighted by atomic mass is 9.79. The fourth-order valence-corrected chi connectivity index (χ4v) is 6.84. The molecule has 1 aromatic carbocycles. The predicted octanol–water partition coefficient (Wildman–Crippen LogP) is 5.54. The normalized spacial score (nSPS) is 22.1. The van der Waals surface area contributed by atoms with Gasteiger partial charge in [0.25, 0.3) is 0 Å². The number of hydrogen-bond donors (Lipinski definition) is 2. The van der Waals surface area contributed by atoms with Gasteiger partial charge >= 0.3 is 5.97 Å². The monoisotopic (exact) mass is 500 g/mol. The van der Waals surface area contributed by atoms with E-state index in [0.29, 0.717) is 18.3 Å². The molecular weight excluding hydrogens is 460 g/mol. The maximum absolute atomic E-state index is 11.3. The summed E-state index contributed by atoms with van der Waals surface area (Å²) in [5.74, 6) is 2.11. The zero-order valence-electron chi connectivity index (χ0n) is 20.9. The first-order valence-corrected chi connectivity index (χ1v) is 14.2. The second kappa shape index (κ2) is 12.9. The molecule has 4 rings (SSSR count). The van der Waals surface area contributed by atoms with Crippen LogP contribution < -0.4 is 4.74 Å². The van der Waals surface area contributed by atoms with E-state index in [1.807, 2.05) is 24.3 Å². The van der Waals surface area contributed by atoms with Crippen molar-refractivity contribution in [3.8, 4) is 5.75 Å². The molecule has 2 fully saturated rings. The largest absolute Gasteiger partial charge is 0.497 e. The Morgan fingerprint density at radius 2 is 2.09 bits per heavy atom. The van der Waals surface area contributed by atoms with Crippen LogP contribution in [0.3, 0.4) is 0 Å². The number of piperidine rings is 1. The van der Waals surface area contributed by atoms with Gasteiger partial charge in [-0.1, -0.05) is 6.42 Å². The van der Waals surface area contributed by atoms with Gasteiger partial charge in [-0.2, -0.15) is 11.8 Å². The quantitative estimate of drug-likeness (QED) is 0.350. The van der Waals surface area contributed by atoms with Gasteiger partial charge in [-0.05, 0) is 105 Å². The van der Waals surface area contributed by atoms with Crippen LogP contribution in [0.5, 0.6) is 5.75 Å². The van der Waals surface area contributed by atoms with Crippen LogP contribution in [0.1, 0.15) is 69.5 Å². The number of nitrogens with zero attached hydrogens (tertiary/aromatic N) is 2. The van der Waals surface area contributed by atoms with Crippen molar-refractivity contribution in [2.24, 2.45) is 11.8 Å². The van der Waals surface area contributed by atoms with Crippen molar-refractivity contribution in [3.05, 3.63) is 36.0 Å². The molecule has 0 bridgehead atoms. The molecule has 0 spiro atoms. The number of pyridine rings is 1. The molecule has 7 heteroatoms. The van der Waals surface area contributed by atoms with Crippen LogP contribution in [-0.4, -0.2) is 63.8 Å². The Morgan fingerprint density at radius 1 is 1.23 bits per heavy atom. The van der Waals surface area contributed by atoms with Crippen molar-refractivity contribution in [2.45, 2.75) is 69.1 Å². The zero-order valence-corrected chi connectivity index (χ0v) is 21.7. The van der Waals surface area contributed by atoms with Crippen LogP contribution in [0, 0.1) is 11.8 Å². The number of fused-ring (bicyclic) bond motifs is 1. The smallest absolute Gasteiger partial charge is 0.303 e. The molecule has 2 heterocycles. The third kappa shape index (κ3) is 7.34. The lowest BCUT2D eigenvalue weighted by Crippen LogP contribution is -2.41. The minimum atomic E-state index is -0.713. The summed E-state index contributed by atoms with van der Waals surface area (Å²) in [6.45, 7) is 3.18. The Balaban J connectivity index is 1.32. The van der Waals surface area contributed by atoms with Gasteiger partial charge in [-0.15, -0.1) is 0 Å². The molecule has 35 heavy (non-hydrogen) atoms. The fraction of sp³-hybridized carbons (Fsp3) is 0.643. The first kappa shape index (κ1) is 26.2. The molecule has 3 atom stereocenters. The topological polar surface area (TPSA) is 82.9 Å². The number of aliphatic hydroxyl groups is 1. The van der Waals surface area contributed by atoms with Gasteiger partial charge in [-0.25, -0.2) is 0 Å². The van der Waals surface area contributed by atoms with Crippen molar-refractivity contribution in [2.75, 3.05) is 32.5 Å². The number of likely N-dealkylation sites (tertiary alicyclic amines) is 1. The van der Waals surface area contributed by atoms with Crippen LogP contribution >= 0.6 is 11.8 Å². The number of ether oxygens (including phenoxy) is 1. The standard InChI is InChI=1S/C28H40N2O4S/c1-34-22-8-9-26-25(18-22)24(12-14-29-26)27(31)10-6-20-13-16-30(19-21(20)7-11-28(32)33)15-3-17-35-23-4-2-5-23/h8-9,12,14,18,20-21,23,27,31H,2-7,10-11,13,15-17,19H2,1H3,(H,32,33)/t20-,21-,27-/m1/s1. The van der Waals surface area contributed by atoms with E-state index < -0.39 is 12.1 Å². The van der Waals surface area contributed by atoms with Crippen LogP contribution in [-0.2, 0) is 4.79 Å². The van der Waals surface area contributed by atoms with Crippen molar-refractivity contribution < 1.29 is 19.7 Å². The SMILES string of the molecule is COc1ccc2nccc([C@H](O)CC[C@@H]3CCN(CCCSC4CCC4)C[C@H]3CCC(=O)O)c2c1. The Morgan fingerprint density at radius 3 is 2.83 bits per heavy atom. The number of methoxy groups -OCH3 is 1. The summed E-state index contributed by atoms with van der Waals surface area (Å²) < 4.78 is 5.37. The van der Waals surface area contributed by atoms with Gasteiger partial charge in [0.2, 0.25) is 0 Å². The van der Waals surface area contributed by atoms with Crippen LogP contribution in [0.4, 0.5) is 0 Å². The average Bonchev–Trinajstić information content (AvgIpc) is 2.84. The van der Waals surface area contributed by atoms with Gasteiger partial charge in [0.15, 0.2) is 0 Å². The molecule has 192 valence electrons. The molecule has 2 N–H and O–H groups in total. The molecular formula is C28H40N2O4S. The molecule has 6 nitrogen and oxygen atoms in total. The first-order valence-electron chi connectivity index (χ1n) is 13.2. The second-order valence-corrected chi connectivity index (χ2v) is 11.6. The summed E-state index contributed by atoms with van der Waals surface area (Å²) in [7, 11) is 1.64. The molecule has 1 aliphatic heterocycles. The van der Waals surface area contributed by atoms with Gasteiger partial charge in [-0.3, -0.25) is 9.78 Å². The lowest BCUT2D eigenvalue weighted by molar-refractivity contribution is -0.137. The zero-order chi connectivity index (χ0) is 24.6. The van der Waals surface area contributed by atoms with E-state index in [0.717, 1.165) is 66.4 Å². The second-order valence-electron chi connectivity index (χ2n) is 10.2. The summed E-state index contributed by atoms with van der Waals surface area (Å²) in [5.41, 5.74) is 1.74. The number of carboxylic acid groups (broad SMARTS) is 1. The number of thioether (sulfide) groups is 1. The molecule has 1 aliphatic carbocycles. The lowest BCUT2D eigenvalue weighted by Gasteiger charge is -2.39. The van der Waals surface area contributed by atoms with Crippen molar-refractivity contribution >= 4 is 28.6 Å². The predicted molar refractivity (Wildman–Crippen MR) is 142 cm³/mol. The highest BCUT2D eigenvalue weighted by Crippen LogP contribution is 2.36.